The van der Waals surface area contributed by atoms with Crippen LogP contribution in [0.4, 0.5) is 5.69 Å². The largest absolute Gasteiger partial charge is 0.497 e. The molecule has 0 aromatic heterocycles. The molecule has 1 aliphatic rings. The molecule has 0 saturated carbocycles. The van der Waals surface area contributed by atoms with Gasteiger partial charge in [0.15, 0.2) is 0 Å². The minimum absolute atomic E-state index is 0.0216. The first-order valence-corrected chi connectivity index (χ1v) is 11.2. The fourth-order valence-electron chi connectivity index (χ4n) is 3.57. The molecule has 1 atom stereocenters. The van der Waals surface area contributed by atoms with Gasteiger partial charge in [-0.3, -0.25) is 9.59 Å². The predicted octanol–water partition coefficient (Wildman–Crippen LogP) is 4.76. The van der Waals surface area contributed by atoms with E-state index in [1.165, 1.54) is 5.56 Å². The second kappa shape index (κ2) is 9.71. The number of carbonyl (C=O) groups excluding carboxylic acids is 2. The minimum Gasteiger partial charge on any atom is -0.497 e. The van der Waals surface area contributed by atoms with Crippen LogP contribution in [-0.4, -0.2) is 36.1 Å². The van der Waals surface area contributed by atoms with E-state index in [-0.39, 0.29) is 17.2 Å². The Kier molecular flexibility index (Phi) is 6.57. The van der Waals surface area contributed by atoms with Crippen molar-refractivity contribution in [3.05, 3.63) is 95.6 Å². The highest BCUT2D eigenvalue weighted by Crippen LogP contribution is 2.38. The van der Waals surface area contributed by atoms with Gasteiger partial charge in [0.2, 0.25) is 5.91 Å². The van der Waals surface area contributed by atoms with Crippen molar-refractivity contribution in [3.63, 3.8) is 0 Å². The van der Waals surface area contributed by atoms with Crippen molar-refractivity contribution in [2.75, 3.05) is 24.7 Å². The lowest BCUT2D eigenvalue weighted by atomic mass is 10.1. The topological polar surface area (TPSA) is 58.6 Å². The van der Waals surface area contributed by atoms with Crippen LogP contribution in [0.15, 0.2) is 78.9 Å². The molecule has 2 amide bonds. The molecule has 0 bridgehead atoms. The summed E-state index contributed by atoms with van der Waals surface area (Å²) in [7, 11) is 1.59. The van der Waals surface area contributed by atoms with Gasteiger partial charge in [0, 0.05) is 23.9 Å². The van der Waals surface area contributed by atoms with Gasteiger partial charge in [0.1, 0.15) is 11.1 Å². The van der Waals surface area contributed by atoms with Crippen molar-refractivity contribution in [1.82, 2.24) is 4.90 Å². The van der Waals surface area contributed by atoms with Gasteiger partial charge in [-0.2, -0.15) is 0 Å². The molecule has 158 valence electrons. The van der Waals surface area contributed by atoms with Crippen LogP contribution in [0.3, 0.4) is 0 Å². The molecule has 6 heteroatoms. The van der Waals surface area contributed by atoms with Gasteiger partial charge in [-0.25, -0.2) is 0 Å². The van der Waals surface area contributed by atoms with Gasteiger partial charge in [0.05, 0.1) is 12.9 Å². The Morgan fingerprint density at radius 2 is 1.84 bits per heavy atom. The van der Waals surface area contributed by atoms with Gasteiger partial charge in [0.25, 0.3) is 5.91 Å². The summed E-state index contributed by atoms with van der Waals surface area (Å²) < 4.78 is 5.20. The van der Waals surface area contributed by atoms with Crippen molar-refractivity contribution >= 4 is 29.3 Å². The molecule has 3 aromatic rings. The molecule has 1 aliphatic heterocycles. The molecule has 0 spiro atoms. The number of hydrogen-bond donors (Lipinski definition) is 1. The molecule has 0 unspecified atom stereocenters. The van der Waals surface area contributed by atoms with Gasteiger partial charge < -0.3 is 15.0 Å². The normalized spacial score (nSPS) is 15.7. The van der Waals surface area contributed by atoms with Crippen molar-refractivity contribution < 1.29 is 14.3 Å². The second-order valence-corrected chi connectivity index (χ2v) is 8.36. The summed E-state index contributed by atoms with van der Waals surface area (Å²) in [5.74, 6) is 1.14. The monoisotopic (exact) mass is 432 g/mol. The molecule has 1 heterocycles. The second-order valence-electron chi connectivity index (χ2n) is 7.29. The highest BCUT2D eigenvalue weighted by molar-refractivity contribution is 8.00. The quantitative estimate of drug-likeness (QED) is 0.585. The van der Waals surface area contributed by atoms with E-state index >= 15 is 0 Å². The van der Waals surface area contributed by atoms with Crippen LogP contribution in [0.5, 0.6) is 5.75 Å². The van der Waals surface area contributed by atoms with E-state index < -0.39 is 0 Å². The van der Waals surface area contributed by atoms with E-state index in [0.717, 1.165) is 12.0 Å². The first-order valence-electron chi connectivity index (χ1n) is 10.1. The molecule has 5 nitrogen and oxygen atoms in total. The lowest BCUT2D eigenvalue weighted by Crippen LogP contribution is -2.30. The van der Waals surface area contributed by atoms with E-state index in [2.05, 4.69) is 17.4 Å². The van der Waals surface area contributed by atoms with Gasteiger partial charge in [-0.15, -0.1) is 11.8 Å². The number of ether oxygens (including phenoxy) is 1. The molecule has 4 rings (SSSR count). The summed E-state index contributed by atoms with van der Waals surface area (Å²) >= 11 is 1.63. The van der Waals surface area contributed by atoms with Crippen molar-refractivity contribution in [2.45, 2.75) is 11.8 Å². The lowest BCUT2D eigenvalue weighted by molar-refractivity contribution is -0.128. The number of methoxy groups -OCH3 is 1. The highest BCUT2D eigenvalue weighted by atomic mass is 32.2. The Bertz CT molecular complexity index is 1050. The van der Waals surface area contributed by atoms with Crippen LogP contribution in [0, 0.1) is 0 Å². The fraction of sp³-hybridized carbons (Fsp3) is 0.200. The summed E-state index contributed by atoms with van der Waals surface area (Å²) in [6.45, 7) is 0.679. The Balaban J connectivity index is 1.42. The third kappa shape index (κ3) is 5.09. The predicted molar refractivity (Wildman–Crippen MR) is 124 cm³/mol. The number of nitrogens with one attached hydrogen (secondary N) is 1. The summed E-state index contributed by atoms with van der Waals surface area (Å²) in [6, 6.07) is 24.9. The average molecular weight is 433 g/mol. The standard InChI is InChI=1S/C25H24N2O3S/c1-30-22-9-5-8-21(16-22)26-24(29)19-10-12-20(13-11-19)25-27(23(28)17-31-25)15-14-18-6-3-2-4-7-18/h2-13,16,25H,14-15,17H2,1H3,(H,26,29)/t25-/m1/s1. The number of rotatable bonds is 7. The van der Waals surface area contributed by atoms with E-state index in [1.807, 2.05) is 65.6 Å². The number of thioether (sulfide) groups is 1. The minimum atomic E-state index is -0.184. The fourth-order valence-corrected chi connectivity index (χ4v) is 4.79. The van der Waals surface area contributed by atoms with E-state index in [9.17, 15) is 9.59 Å². The molecule has 1 fully saturated rings. The Hall–Kier alpha value is -3.25. The average Bonchev–Trinajstić information content (AvgIpc) is 3.18. The zero-order valence-corrected chi connectivity index (χ0v) is 18.1. The summed E-state index contributed by atoms with van der Waals surface area (Å²) in [5, 5.41) is 2.87. The number of carbonyl (C=O) groups is 2. The first kappa shape index (κ1) is 21.0. The van der Waals surface area contributed by atoms with Crippen LogP contribution in [0.2, 0.25) is 0 Å². The van der Waals surface area contributed by atoms with E-state index in [0.29, 0.717) is 29.3 Å². The molecule has 0 radical (unpaired) electrons. The number of benzene rings is 3. The SMILES string of the molecule is COc1cccc(NC(=O)c2ccc([C@H]3SCC(=O)N3CCc3ccccc3)cc2)c1. The lowest BCUT2D eigenvalue weighted by Gasteiger charge is -2.24. The zero-order valence-electron chi connectivity index (χ0n) is 17.3. The highest BCUT2D eigenvalue weighted by Gasteiger charge is 2.32. The van der Waals surface area contributed by atoms with E-state index in [4.69, 9.17) is 4.74 Å². The third-order valence-corrected chi connectivity index (χ3v) is 6.49. The number of hydrogen-bond acceptors (Lipinski definition) is 4. The Morgan fingerprint density at radius 1 is 1.06 bits per heavy atom. The maximum absolute atomic E-state index is 12.6. The van der Waals surface area contributed by atoms with Gasteiger partial charge in [-0.05, 0) is 41.8 Å². The molecule has 1 saturated heterocycles. The van der Waals surface area contributed by atoms with E-state index in [1.54, 1.807) is 24.9 Å². The number of anilines is 1. The summed E-state index contributed by atoms with van der Waals surface area (Å²) in [5.41, 5.74) is 3.49. The Labute approximate surface area is 186 Å². The molecule has 0 aliphatic carbocycles. The molecule has 3 aromatic carbocycles. The number of nitrogens with zero attached hydrogens (tertiary/aromatic N) is 1. The summed E-state index contributed by atoms with van der Waals surface area (Å²) in [4.78, 5) is 27.0. The van der Waals surface area contributed by atoms with Crippen LogP contribution >= 0.6 is 11.8 Å². The number of amides is 2. The molecule has 1 N–H and O–H groups in total. The molecular formula is C25H24N2O3S. The molecule has 31 heavy (non-hydrogen) atoms. The van der Waals surface area contributed by atoms with Crippen LogP contribution in [0.1, 0.15) is 26.9 Å². The van der Waals surface area contributed by atoms with Gasteiger partial charge in [-0.1, -0.05) is 48.5 Å². The maximum Gasteiger partial charge on any atom is 0.255 e. The van der Waals surface area contributed by atoms with Crippen molar-refractivity contribution in [3.8, 4) is 5.75 Å². The third-order valence-electron chi connectivity index (χ3n) is 5.24. The molecular weight excluding hydrogens is 408 g/mol. The van der Waals surface area contributed by atoms with Gasteiger partial charge >= 0.3 is 0 Å². The first-order chi connectivity index (χ1) is 15.1. The smallest absolute Gasteiger partial charge is 0.255 e. The maximum atomic E-state index is 12.6. The van der Waals surface area contributed by atoms with Crippen molar-refractivity contribution in [1.29, 1.82) is 0 Å². The van der Waals surface area contributed by atoms with Crippen LogP contribution < -0.4 is 10.1 Å². The summed E-state index contributed by atoms with van der Waals surface area (Å²) in [6.07, 6.45) is 0.824. The van der Waals surface area contributed by atoms with Crippen LogP contribution in [-0.2, 0) is 11.2 Å². The van der Waals surface area contributed by atoms with Crippen LogP contribution in [0.25, 0.3) is 0 Å². The zero-order chi connectivity index (χ0) is 21.6. The Morgan fingerprint density at radius 3 is 2.58 bits per heavy atom. The van der Waals surface area contributed by atoms with Crippen molar-refractivity contribution in [2.24, 2.45) is 0 Å².